The molecular weight excluding hydrogens is 176 g/mol. The van der Waals surface area contributed by atoms with E-state index in [0.717, 1.165) is 25.7 Å². The summed E-state index contributed by atoms with van der Waals surface area (Å²) in [6.45, 7) is 2.48. The Kier molecular flexibility index (Phi) is 5.49. The molecule has 2 N–H and O–H groups in total. The fourth-order valence-electron chi connectivity index (χ4n) is 2.71. The Morgan fingerprint density at radius 2 is 1.93 bits per heavy atom. The lowest BCUT2D eigenvalue weighted by Crippen LogP contribution is -2.19. The molecule has 1 fully saturated rings. The van der Waals surface area contributed by atoms with Crippen LogP contribution < -0.4 is 0 Å². The maximum atomic E-state index is 9.80. The van der Waals surface area contributed by atoms with Crippen LogP contribution in [0.25, 0.3) is 0 Å². The van der Waals surface area contributed by atoms with Gasteiger partial charge in [0.2, 0.25) is 0 Å². The van der Waals surface area contributed by atoms with E-state index in [0.29, 0.717) is 11.8 Å². The Labute approximate surface area is 87.3 Å². The molecule has 1 aliphatic rings. The van der Waals surface area contributed by atoms with Crippen LogP contribution in [0.2, 0.25) is 0 Å². The molecule has 1 unspecified atom stereocenters. The van der Waals surface area contributed by atoms with Crippen LogP contribution in [0.5, 0.6) is 0 Å². The quantitative estimate of drug-likeness (QED) is 0.646. The summed E-state index contributed by atoms with van der Waals surface area (Å²) < 4.78 is 0. The maximum absolute atomic E-state index is 9.80. The van der Waals surface area contributed by atoms with Crippen molar-refractivity contribution in [2.45, 2.75) is 58.0 Å². The largest absolute Gasteiger partial charge is 0.396 e. The molecule has 0 spiro atoms. The first-order valence-electron chi connectivity index (χ1n) is 6.08. The summed E-state index contributed by atoms with van der Waals surface area (Å²) in [5.41, 5.74) is 0. The Balaban J connectivity index is 2.29. The van der Waals surface area contributed by atoms with Gasteiger partial charge in [0.25, 0.3) is 0 Å². The van der Waals surface area contributed by atoms with E-state index in [2.05, 4.69) is 6.92 Å². The Bertz CT molecular complexity index is 145. The molecule has 1 aliphatic carbocycles. The average Bonchev–Trinajstić information content (AvgIpc) is 2.50. The van der Waals surface area contributed by atoms with Crippen molar-refractivity contribution in [1.82, 2.24) is 0 Å². The summed E-state index contributed by atoms with van der Waals surface area (Å²) in [6.07, 6.45) is 7.75. The lowest BCUT2D eigenvalue weighted by atomic mass is 9.87. The molecule has 0 bridgehead atoms. The van der Waals surface area contributed by atoms with Crippen LogP contribution in [0, 0.1) is 11.8 Å². The standard InChI is InChI=1S/C12H24O2/c1-2-3-4-5-11-10(8-9-13)6-7-12(11)14/h10-14H,2-9H2,1H3/t10-,11-,12?/m1/s1. The zero-order valence-electron chi connectivity index (χ0n) is 9.28. The van der Waals surface area contributed by atoms with E-state index in [4.69, 9.17) is 5.11 Å². The fourth-order valence-corrected chi connectivity index (χ4v) is 2.71. The molecule has 0 heterocycles. The van der Waals surface area contributed by atoms with Crippen molar-refractivity contribution in [3.05, 3.63) is 0 Å². The number of aliphatic hydroxyl groups is 2. The normalized spacial score (nSPS) is 32.4. The van der Waals surface area contributed by atoms with Gasteiger partial charge >= 0.3 is 0 Å². The zero-order valence-corrected chi connectivity index (χ0v) is 9.28. The van der Waals surface area contributed by atoms with Crippen LogP contribution in [0.15, 0.2) is 0 Å². The van der Waals surface area contributed by atoms with Gasteiger partial charge in [-0.1, -0.05) is 26.2 Å². The Hall–Kier alpha value is -0.0800. The number of unbranched alkanes of at least 4 members (excludes halogenated alkanes) is 2. The van der Waals surface area contributed by atoms with E-state index in [1.807, 2.05) is 0 Å². The second-order valence-corrected chi connectivity index (χ2v) is 4.58. The summed E-state index contributed by atoms with van der Waals surface area (Å²) in [5.74, 6) is 1.04. The minimum Gasteiger partial charge on any atom is -0.396 e. The minimum absolute atomic E-state index is 0.0941. The summed E-state index contributed by atoms with van der Waals surface area (Å²) in [7, 11) is 0. The first-order valence-corrected chi connectivity index (χ1v) is 6.08. The molecule has 0 amide bonds. The van der Waals surface area contributed by atoms with E-state index >= 15 is 0 Å². The van der Waals surface area contributed by atoms with Crippen molar-refractivity contribution in [2.75, 3.05) is 6.61 Å². The fraction of sp³-hybridized carbons (Fsp3) is 1.00. The monoisotopic (exact) mass is 200 g/mol. The highest BCUT2D eigenvalue weighted by molar-refractivity contribution is 4.84. The maximum Gasteiger partial charge on any atom is 0.0571 e. The summed E-state index contributed by atoms with van der Waals surface area (Å²) in [5, 5.41) is 18.7. The third kappa shape index (κ3) is 3.25. The average molecular weight is 200 g/mol. The van der Waals surface area contributed by atoms with E-state index in [1.165, 1.54) is 19.3 Å². The first kappa shape index (κ1) is 12.0. The molecule has 3 atom stereocenters. The molecule has 2 heteroatoms. The van der Waals surface area contributed by atoms with Crippen LogP contribution in [0.3, 0.4) is 0 Å². The van der Waals surface area contributed by atoms with Gasteiger partial charge in [-0.25, -0.2) is 0 Å². The highest BCUT2D eigenvalue weighted by atomic mass is 16.3. The molecule has 2 nitrogen and oxygen atoms in total. The van der Waals surface area contributed by atoms with Crippen LogP contribution in [0.4, 0.5) is 0 Å². The molecule has 1 saturated carbocycles. The summed E-state index contributed by atoms with van der Waals surface area (Å²) >= 11 is 0. The molecule has 14 heavy (non-hydrogen) atoms. The Morgan fingerprint density at radius 1 is 1.14 bits per heavy atom. The number of hydrogen-bond acceptors (Lipinski definition) is 2. The zero-order chi connectivity index (χ0) is 10.4. The van der Waals surface area contributed by atoms with Gasteiger partial charge in [-0.15, -0.1) is 0 Å². The van der Waals surface area contributed by atoms with Crippen molar-refractivity contribution >= 4 is 0 Å². The van der Waals surface area contributed by atoms with Crippen molar-refractivity contribution in [3.63, 3.8) is 0 Å². The molecule has 0 aromatic rings. The lowest BCUT2D eigenvalue weighted by Gasteiger charge is -2.21. The van der Waals surface area contributed by atoms with E-state index in [9.17, 15) is 5.11 Å². The van der Waals surface area contributed by atoms with E-state index < -0.39 is 0 Å². The number of rotatable bonds is 6. The third-order valence-electron chi connectivity index (χ3n) is 3.57. The topological polar surface area (TPSA) is 40.5 Å². The molecule has 0 radical (unpaired) electrons. The molecule has 84 valence electrons. The first-order chi connectivity index (χ1) is 6.79. The van der Waals surface area contributed by atoms with Crippen LogP contribution >= 0.6 is 0 Å². The summed E-state index contributed by atoms with van der Waals surface area (Å²) in [4.78, 5) is 0. The molecule has 0 aliphatic heterocycles. The van der Waals surface area contributed by atoms with Gasteiger partial charge in [-0.3, -0.25) is 0 Å². The van der Waals surface area contributed by atoms with E-state index in [1.54, 1.807) is 0 Å². The minimum atomic E-state index is -0.0941. The van der Waals surface area contributed by atoms with Gasteiger partial charge in [0, 0.05) is 6.61 Å². The van der Waals surface area contributed by atoms with Crippen LogP contribution in [-0.4, -0.2) is 22.9 Å². The van der Waals surface area contributed by atoms with Gasteiger partial charge in [0.15, 0.2) is 0 Å². The molecule has 1 rings (SSSR count). The highest BCUT2D eigenvalue weighted by Gasteiger charge is 2.33. The molecular formula is C12H24O2. The van der Waals surface area contributed by atoms with Gasteiger partial charge in [-0.05, 0) is 37.5 Å². The number of hydrogen-bond donors (Lipinski definition) is 2. The lowest BCUT2D eigenvalue weighted by molar-refractivity contribution is 0.102. The van der Waals surface area contributed by atoms with Crippen molar-refractivity contribution in [3.8, 4) is 0 Å². The third-order valence-corrected chi connectivity index (χ3v) is 3.57. The Morgan fingerprint density at radius 3 is 2.57 bits per heavy atom. The summed E-state index contributed by atoms with van der Waals surface area (Å²) in [6, 6.07) is 0. The SMILES string of the molecule is CCCCC[C@H]1C(O)CC[C@@H]1CCO. The molecule has 0 aromatic heterocycles. The van der Waals surface area contributed by atoms with Crippen molar-refractivity contribution in [1.29, 1.82) is 0 Å². The molecule has 0 saturated heterocycles. The second kappa shape index (κ2) is 6.41. The van der Waals surface area contributed by atoms with Crippen LogP contribution in [0.1, 0.15) is 51.9 Å². The van der Waals surface area contributed by atoms with Crippen molar-refractivity contribution in [2.24, 2.45) is 11.8 Å². The number of aliphatic hydroxyl groups excluding tert-OH is 2. The molecule has 0 aromatic carbocycles. The van der Waals surface area contributed by atoms with Crippen LogP contribution in [-0.2, 0) is 0 Å². The highest BCUT2D eigenvalue weighted by Crippen LogP contribution is 2.37. The van der Waals surface area contributed by atoms with Gasteiger partial charge in [0.05, 0.1) is 6.10 Å². The van der Waals surface area contributed by atoms with E-state index in [-0.39, 0.29) is 12.7 Å². The predicted molar refractivity (Wildman–Crippen MR) is 58.1 cm³/mol. The second-order valence-electron chi connectivity index (χ2n) is 4.58. The smallest absolute Gasteiger partial charge is 0.0571 e. The van der Waals surface area contributed by atoms with Gasteiger partial charge in [-0.2, -0.15) is 0 Å². The van der Waals surface area contributed by atoms with Gasteiger partial charge < -0.3 is 10.2 Å². The van der Waals surface area contributed by atoms with Gasteiger partial charge in [0.1, 0.15) is 0 Å². The predicted octanol–water partition coefficient (Wildman–Crippen LogP) is 2.34. The van der Waals surface area contributed by atoms with Crippen molar-refractivity contribution < 1.29 is 10.2 Å².